The standard InChI is InChI=1S/C14H27N3/c1-3-9-15-10-7-5-6-8-12-17-13-11-16-14(17)4-2/h11,13,15H,3-10,12H2,1-2H3. The molecule has 0 unspecified atom stereocenters. The van der Waals surface area contributed by atoms with Crippen LogP contribution >= 0.6 is 0 Å². The second-order valence-corrected chi connectivity index (χ2v) is 4.55. The molecule has 3 heteroatoms. The zero-order valence-electron chi connectivity index (χ0n) is 11.4. The lowest BCUT2D eigenvalue weighted by Gasteiger charge is -2.06. The maximum atomic E-state index is 4.34. The minimum Gasteiger partial charge on any atom is -0.335 e. The maximum absolute atomic E-state index is 4.34. The van der Waals surface area contributed by atoms with E-state index in [2.05, 4.69) is 34.9 Å². The predicted molar refractivity (Wildman–Crippen MR) is 73.2 cm³/mol. The third-order valence-electron chi connectivity index (χ3n) is 3.05. The Morgan fingerprint density at radius 2 is 1.94 bits per heavy atom. The summed E-state index contributed by atoms with van der Waals surface area (Å²) in [6.45, 7) is 7.85. The van der Waals surface area contributed by atoms with Crippen LogP contribution in [0.15, 0.2) is 12.4 Å². The molecule has 0 spiro atoms. The molecule has 3 nitrogen and oxygen atoms in total. The smallest absolute Gasteiger partial charge is 0.108 e. The van der Waals surface area contributed by atoms with Gasteiger partial charge in [-0.15, -0.1) is 0 Å². The molecule has 0 bridgehead atoms. The van der Waals surface area contributed by atoms with Crippen LogP contribution in [0.2, 0.25) is 0 Å². The Morgan fingerprint density at radius 1 is 1.12 bits per heavy atom. The second-order valence-electron chi connectivity index (χ2n) is 4.55. The van der Waals surface area contributed by atoms with E-state index in [0.717, 1.165) is 19.5 Å². The van der Waals surface area contributed by atoms with Crippen molar-refractivity contribution in [2.24, 2.45) is 0 Å². The van der Waals surface area contributed by atoms with Crippen molar-refractivity contribution in [3.8, 4) is 0 Å². The third-order valence-corrected chi connectivity index (χ3v) is 3.05. The molecule has 0 aliphatic heterocycles. The van der Waals surface area contributed by atoms with Crippen LogP contribution < -0.4 is 5.32 Å². The van der Waals surface area contributed by atoms with E-state index in [4.69, 9.17) is 0 Å². The van der Waals surface area contributed by atoms with Gasteiger partial charge in [-0.25, -0.2) is 4.98 Å². The molecule has 17 heavy (non-hydrogen) atoms. The van der Waals surface area contributed by atoms with Crippen molar-refractivity contribution in [3.05, 3.63) is 18.2 Å². The van der Waals surface area contributed by atoms with Crippen LogP contribution in [0.5, 0.6) is 0 Å². The van der Waals surface area contributed by atoms with Crippen molar-refractivity contribution in [1.82, 2.24) is 14.9 Å². The molecule has 0 amide bonds. The van der Waals surface area contributed by atoms with E-state index < -0.39 is 0 Å². The van der Waals surface area contributed by atoms with Gasteiger partial charge in [-0.2, -0.15) is 0 Å². The SMILES string of the molecule is CCCNCCCCCCn1ccnc1CC. The number of hydrogen-bond donors (Lipinski definition) is 1. The summed E-state index contributed by atoms with van der Waals surface area (Å²) in [6, 6.07) is 0. The number of hydrogen-bond acceptors (Lipinski definition) is 2. The zero-order chi connectivity index (χ0) is 12.3. The summed E-state index contributed by atoms with van der Waals surface area (Å²) in [5.41, 5.74) is 0. The average Bonchev–Trinajstić information content (AvgIpc) is 2.80. The van der Waals surface area contributed by atoms with Gasteiger partial charge in [0.15, 0.2) is 0 Å². The van der Waals surface area contributed by atoms with Crippen molar-refractivity contribution in [2.75, 3.05) is 13.1 Å². The molecule has 0 saturated heterocycles. The van der Waals surface area contributed by atoms with E-state index in [0.29, 0.717) is 0 Å². The Hall–Kier alpha value is -0.830. The van der Waals surface area contributed by atoms with Gasteiger partial charge in [0.2, 0.25) is 0 Å². The molecule has 0 atom stereocenters. The molecule has 0 aromatic carbocycles. The minimum absolute atomic E-state index is 1.04. The third kappa shape index (κ3) is 5.87. The van der Waals surface area contributed by atoms with Crippen molar-refractivity contribution < 1.29 is 0 Å². The molecule has 0 aliphatic rings. The van der Waals surface area contributed by atoms with Crippen LogP contribution in [0, 0.1) is 0 Å². The number of imidazole rings is 1. The highest BCUT2D eigenvalue weighted by molar-refractivity contribution is 4.91. The second kappa shape index (κ2) is 9.23. The summed E-state index contributed by atoms with van der Waals surface area (Å²) in [7, 11) is 0. The molecule has 0 fully saturated rings. The van der Waals surface area contributed by atoms with E-state index in [1.807, 2.05) is 6.20 Å². The number of nitrogens with zero attached hydrogens (tertiary/aromatic N) is 2. The first-order chi connectivity index (χ1) is 8.38. The molecule has 1 rings (SSSR count). The van der Waals surface area contributed by atoms with Crippen LogP contribution in [0.3, 0.4) is 0 Å². The highest BCUT2D eigenvalue weighted by Gasteiger charge is 1.99. The Balaban J connectivity index is 1.97. The lowest BCUT2D eigenvalue weighted by molar-refractivity contribution is 0.541. The fraction of sp³-hybridized carbons (Fsp3) is 0.786. The van der Waals surface area contributed by atoms with Gasteiger partial charge in [-0.05, 0) is 32.4 Å². The number of nitrogens with one attached hydrogen (secondary N) is 1. The van der Waals surface area contributed by atoms with Crippen LogP contribution in [0.1, 0.15) is 51.8 Å². The quantitative estimate of drug-likeness (QED) is 0.634. The van der Waals surface area contributed by atoms with Gasteiger partial charge >= 0.3 is 0 Å². The summed E-state index contributed by atoms with van der Waals surface area (Å²) in [5.74, 6) is 1.22. The monoisotopic (exact) mass is 237 g/mol. The Labute approximate surface area is 106 Å². The molecule has 1 aromatic heterocycles. The van der Waals surface area contributed by atoms with Crippen LogP contribution in [-0.2, 0) is 13.0 Å². The molecular formula is C14H27N3. The van der Waals surface area contributed by atoms with E-state index in [1.54, 1.807) is 0 Å². The van der Waals surface area contributed by atoms with Crippen molar-refractivity contribution >= 4 is 0 Å². The first-order valence-electron chi connectivity index (χ1n) is 7.09. The maximum Gasteiger partial charge on any atom is 0.108 e. The van der Waals surface area contributed by atoms with Crippen molar-refractivity contribution in [3.63, 3.8) is 0 Å². The summed E-state index contributed by atoms with van der Waals surface area (Å²) in [4.78, 5) is 4.34. The Morgan fingerprint density at radius 3 is 2.71 bits per heavy atom. The summed E-state index contributed by atoms with van der Waals surface area (Å²) in [6.07, 6.45) is 11.5. The molecule has 0 aliphatic carbocycles. The fourth-order valence-electron chi connectivity index (χ4n) is 2.05. The number of rotatable bonds is 10. The summed E-state index contributed by atoms with van der Waals surface area (Å²) in [5, 5.41) is 3.44. The molecular weight excluding hydrogens is 210 g/mol. The van der Waals surface area contributed by atoms with Crippen molar-refractivity contribution in [1.29, 1.82) is 0 Å². The van der Waals surface area contributed by atoms with Crippen molar-refractivity contribution in [2.45, 2.75) is 58.9 Å². The van der Waals surface area contributed by atoms with Gasteiger partial charge < -0.3 is 9.88 Å². The van der Waals surface area contributed by atoms with E-state index in [9.17, 15) is 0 Å². The molecule has 0 saturated carbocycles. The highest BCUT2D eigenvalue weighted by atomic mass is 15.1. The average molecular weight is 237 g/mol. The normalized spacial score (nSPS) is 10.9. The minimum atomic E-state index is 1.04. The van der Waals surface area contributed by atoms with Gasteiger partial charge in [0.05, 0.1) is 0 Å². The number of aryl methyl sites for hydroxylation is 2. The van der Waals surface area contributed by atoms with E-state index in [-0.39, 0.29) is 0 Å². The molecule has 1 N–H and O–H groups in total. The molecule has 98 valence electrons. The Kier molecular flexibility index (Phi) is 7.72. The topological polar surface area (TPSA) is 29.9 Å². The van der Waals surface area contributed by atoms with Gasteiger partial charge in [-0.1, -0.05) is 26.7 Å². The first kappa shape index (κ1) is 14.2. The fourth-order valence-corrected chi connectivity index (χ4v) is 2.05. The van der Waals surface area contributed by atoms with Gasteiger partial charge in [0, 0.05) is 25.4 Å². The number of aromatic nitrogens is 2. The van der Waals surface area contributed by atoms with E-state index in [1.165, 1.54) is 44.5 Å². The highest BCUT2D eigenvalue weighted by Crippen LogP contribution is 2.05. The first-order valence-corrected chi connectivity index (χ1v) is 7.09. The molecule has 1 heterocycles. The van der Waals surface area contributed by atoms with Crippen LogP contribution in [-0.4, -0.2) is 22.6 Å². The molecule has 1 aromatic rings. The summed E-state index contributed by atoms with van der Waals surface area (Å²) >= 11 is 0. The van der Waals surface area contributed by atoms with Gasteiger partial charge in [-0.3, -0.25) is 0 Å². The zero-order valence-corrected chi connectivity index (χ0v) is 11.4. The lowest BCUT2D eigenvalue weighted by atomic mass is 10.2. The van der Waals surface area contributed by atoms with Crippen LogP contribution in [0.4, 0.5) is 0 Å². The van der Waals surface area contributed by atoms with E-state index >= 15 is 0 Å². The Bertz CT molecular complexity index is 281. The summed E-state index contributed by atoms with van der Waals surface area (Å²) < 4.78 is 2.29. The molecule has 0 radical (unpaired) electrons. The number of unbranched alkanes of at least 4 members (excludes halogenated alkanes) is 3. The van der Waals surface area contributed by atoms with Crippen LogP contribution in [0.25, 0.3) is 0 Å². The van der Waals surface area contributed by atoms with Gasteiger partial charge in [0.1, 0.15) is 5.82 Å². The van der Waals surface area contributed by atoms with Gasteiger partial charge in [0.25, 0.3) is 0 Å². The predicted octanol–water partition coefficient (Wildman–Crippen LogP) is 3.01. The largest absolute Gasteiger partial charge is 0.335 e. The lowest BCUT2D eigenvalue weighted by Crippen LogP contribution is -2.15.